The third-order valence-electron chi connectivity index (χ3n) is 3.88. The molecule has 1 aromatic heterocycles. The fraction of sp³-hybridized carbons (Fsp3) is 0.625. The largest absolute Gasteiger partial charge is 0.382 e. The van der Waals surface area contributed by atoms with Crippen LogP contribution in [0.15, 0.2) is 18.3 Å². The van der Waals surface area contributed by atoms with E-state index in [1.165, 1.54) is 0 Å². The Balaban J connectivity index is 1.65. The topological polar surface area (TPSA) is 63.7 Å². The van der Waals surface area contributed by atoms with E-state index in [1.54, 1.807) is 13.3 Å². The highest BCUT2D eigenvalue weighted by Crippen LogP contribution is 2.22. The molecular weight excluding hydrogens is 318 g/mol. The third-order valence-corrected chi connectivity index (χ3v) is 4.10. The number of rotatable bonds is 8. The zero-order valence-electron chi connectivity index (χ0n) is 13.5. The monoisotopic (exact) mass is 341 g/mol. The van der Waals surface area contributed by atoms with E-state index in [-0.39, 0.29) is 11.8 Å². The maximum absolute atomic E-state index is 12.1. The Morgan fingerprint density at radius 3 is 2.78 bits per heavy atom. The SMILES string of the molecule is COCCOCCNC(=O)C1CCN(c2ccc(Cl)cn2)CC1. The minimum Gasteiger partial charge on any atom is -0.382 e. The zero-order valence-corrected chi connectivity index (χ0v) is 14.2. The number of carbonyl (C=O) groups excluding carboxylic acids is 1. The van der Waals surface area contributed by atoms with E-state index < -0.39 is 0 Å². The molecule has 1 fully saturated rings. The molecule has 2 rings (SSSR count). The standard InChI is InChI=1S/C16H24ClN3O3/c1-22-10-11-23-9-6-18-16(21)13-4-7-20(8-5-13)15-3-2-14(17)12-19-15/h2-3,12-13H,4-11H2,1H3,(H,18,21). The van der Waals surface area contributed by atoms with Gasteiger partial charge in [-0.2, -0.15) is 0 Å². The summed E-state index contributed by atoms with van der Waals surface area (Å²) in [6.07, 6.45) is 3.32. The number of amides is 1. The van der Waals surface area contributed by atoms with Gasteiger partial charge in [-0.05, 0) is 25.0 Å². The number of carbonyl (C=O) groups is 1. The number of halogens is 1. The molecule has 0 saturated carbocycles. The lowest BCUT2D eigenvalue weighted by molar-refractivity contribution is -0.125. The van der Waals surface area contributed by atoms with Crippen molar-refractivity contribution < 1.29 is 14.3 Å². The van der Waals surface area contributed by atoms with Crippen LogP contribution in [0.4, 0.5) is 5.82 Å². The van der Waals surface area contributed by atoms with Gasteiger partial charge in [0, 0.05) is 38.9 Å². The molecule has 7 heteroatoms. The number of piperidine rings is 1. The summed E-state index contributed by atoms with van der Waals surface area (Å²) in [7, 11) is 1.64. The molecular formula is C16H24ClN3O3. The van der Waals surface area contributed by atoms with E-state index in [1.807, 2.05) is 12.1 Å². The van der Waals surface area contributed by atoms with Gasteiger partial charge in [-0.3, -0.25) is 4.79 Å². The van der Waals surface area contributed by atoms with Crippen molar-refractivity contribution in [1.82, 2.24) is 10.3 Å². The molecule has 0 atom stereocenters. The van der Waals surface area contributed by atoms with E-state index in [0.717, 1.165) is 31.7 Å². The van der Waals surface area contributed by atoms with E-state index >= 15 is 0 Å². The first-order chi connectivity index (χ1) is 11.2. The predicted molar refractivity (Wildman–Crippen MR) is 89.9 cm³/mol. The Labute approximate surface area is 142 Å². The van der Waals surface area contributed by atoms with Crippen LogP contribution in [0.2, 0.25) is 5.02 Å². The Bertz CT molecular complexity index is 476. The second kappa shape index (κ2) is 9.70. The lowest BCUT2D eigenvalue weighted by Gasteiger charge is -2.32. The average molecular weight is 342 g/mol. The van der Waals surface area contributed by atoms with Crippen LogP contribution in [0, 0.1) is 5.92 Å². The lowest BCUT2D eigenvalue weighted by atomic mass is 9.96. The number of ether oxygens (including phenoxy) is 2. The molecule has 1 N–H and O–H groups in total. The van der Waals surface area contributed by atoms with E-state index in [4.69, 9.17) is 21.1 Å². The maximum atomic E-state index is 12.1. The van der Waals surface area contributed by atoms with Crippen molar-refractivity contribution in [2.45, 2.75) is 12.8 Å². The van der Waals surface area contributed by atoms with Gasteiger partial charge in [0.1, 0.15) is 5.82 Å². The second-order valence-corrected chi connectivity index (χ2v) is 5.93. The van der Waals surface area contributed by atoms with Gasteiger partial charge in [0.15, 0.2) is 0 Å². The van der Waals surface area contributed by atoms with Crippen molar-refractivity contribution in [1.29, 1.82) is 0 Å². The molecule has 0 radical (unpaired) electrons. The Morgan fingerprint density at radius 2 is 2.13 bits per heavy atom. The zero-order chi connectivity index (χ0) is 16.5. The van der Waals surface area contributed by atoms with Gasteiger partial charge < -0.3 is 19.7 Å². The van der Waals surface area contributed by atoms with Crippen LogP contribution >= 0.6 is 11.6 Å². The molecule has 23 heavy (non-hydrogen) atoms. The van der Waals surface area contributed by atoms with E-state index in [2.05, 4.69) is 15.2 Å². The summed E-state index contributed by atoms with van der Waals surface area (Å²) in [5.41, 5.74) is 0. The smallest absolute Gasteiger partial charge is 0.223 e. The minimum atomic E-state index is 0.0672. The number of nitrogens with zero attached hydrogens (tertiary/aromatic N) is 2. The molecule has 1 aliphatic rings. The molecule has 6 nitrogen and oxygen atoms in total. The number of aromatic nitrogens is 1. The number of hydrogen-bond acceptors (Lipinski definition) is 5. The van der Waals surface area contributed by atoms with Crippen LogP contribution in [0.25, 0.3) is 0 Å². The molecule has 1 aromatic rings. The molecule has 0 unspecified atom stereocenters. The normalized spacial score (nSPS) is 15.7. The van der Waals surface area contributed by atoms with Crippen LogP contribution in [-0.2, 0) is 14.3 Å². The summed E-state index contributed by atoms with van der Waals surface area (Å²) in [4.78, 5) is 18.6. The first-order valence-corrected chi connectivity index (χ1v) is 8.29. The van der Waals surface area contributed by atoms with Crippen molar-refractivity contribution in [3.05, 3.63) is 23.4 Å². The fourth-order valence-electron chi connectivity index (χ4n) is 2.56. The minimum absolute atomic E-state index is 0.0672. The van der Waals surface area contributed by atoms with Gasteiger partial charge in [0.05, 0.1) is 24.8 Å². The number of methoxy groups -OCH3 is 1. The molecule has 1 aliphatic heterocycles. The molecule has 1 amide bonds. The number of anilines is 1. The van der Waals surface area contributed by atoms with E-state index in [9.17, 15) is 4.79 Å². The summed E-state index contributed by atoms with van der Waals surface area (Å²) in [6, 6.07) is 3.76. The first kappa shape index (κ1) is 18.0. The van der Waals surface area contributed by atoms with Crippen molar-refractivity contribution in [2.75, 3.05) is 51.5 Å². The molecule has 2 heterocycles. The van der Waals surface area contributed by atoms with Crippen molar-refractivity contribution in [3.63, 3.8) is 0 Å². The molecule has 128 valence electrons. The van der Waals surface area contributed by atoms with Gasteiger partial charge in [-0.1, -0.05) is 11.6 Å². The van der Waals surface area contributed by atoms with Gasteiger partial charge in [-0.25, -0.2) is 4.98 Å². The lowest BCUT2D eigenvalue weighted by Crippen LogP contribution is -2.41. The van der Waals surface area contributed by atoms with Crippen LogP contribution < -0.4 is 10.2 Å². The van der Waals surface area contributed by atoms with Crippen molar-refractivity contribution >= 4 is 23.3 Å². The van der Waals surface area contributed by atoms with Crippen molar-refractivity contribution in [3.8, 4) is 0 Å². The summed E-state index contributed by atoms with van der Waals surface area (Å²) in [6.45, 7) is 3.85. The molecule has 0 aromatic carbocycles. The average Bonchev–Trinajstić information content (AvgIpc) is 2.58. The molecule has 0 aliphatic carbocycles. The highest BCUT2D eigenvalue weighted by Gasteiger charge is 2.25. The maximum Gasteiger partial charge on any atom is 0.223 e. The summed E-state index contributed by atoms with van der Waals surface area (Å²) in [5, 5.41) is 3.57. The fourth-order valence-corrected chi connectivity index (χ4v) is 2.67. The predicted octanol–water partition coefficient (Wildman–Crippen LogP) is 1.73. The first-order valence-electron chi connectivity index (χ1n) is 7.91. The number of hydrogen-bond donors (Lipinski definition) is 1. The quantitative estimate of drug-likeness (QED) is 0.730. The molecule has 0 spiro atoms. The van der Waals surface area contributed by atoms with Crippen LogP contribution in [-0.4, -0.2) is 57.5 Å². The molecule has 1 saturated heterocycles. The summed E-state index contributed by atoms with van der Waals surface area (Å²) in [5.74, 6) is 1.10. The van der Waals surface area contributed by atoms with Gasteiger partial charge in [0.25, 0.3) is 0 Å². The molecule has 0 bridgehead atoms. The summed E-state index contributed by atoms with van der Waals surface area (Å²) >= 11 is 5.85. The third kappa shape index (κ3) is 5.97. The van der Waals surface area contributed by atoms with Crippen molar-refractivity contribution in [2.24, 2.45) is 5.92 Å². The van der Waals surface area contributed by atoms with Gasteiger partial charge in [-0.15, -0.1) is 0 Å². The van der Waals surface area contributed by atoms with Crippen LogP contribution in [0.5, 0.6) is 0 Å². The van der Waals surface area contributed by atoms with Gasteiger partial charge in [0.2, 0.25) is 5.91 Å². The Kier molecular flexibility index (Phi) is 7.58. The highest BCUT2D eigenvalue weighted by atomic mass is 35.5. The Hall–Kier alpha value is -1.37. The Morgan fingerprint density at radius 1 is 1.35 bits per heavy atom. The van der Waals surface area contributed by atoms with Crippen LogP contribution in [0.1, 0.15) is 12.8 Å². The highest BCUT2D eigenvalue weighted by molar-refractivity contribution is 6.30. The summed E-state index contributed by atoms with van der Waals surface area (Å²) < 4.78 is 10.2. The van der Waals surface area contributed by atoms with Gasteiger partial charge >= 0.3 is 0 Å². The number of nitrogens with one attached hydrogen (secondary N) is 1. The van der Waals surface area contributed by atoms with Crippen LogP contribution in [0.3, 0.4) is 0 Å². The van der Waals surface area contributed by atoms with E-state index in [0.29, 0.717) is 31.4 Å². The number of pyridine rings is 1. The second-order valence-electron chi connectivity index (χ2n) is 5.49.